The zero-order valence-electron chi connectivity index (χ0n) is 19.8. The van der Waals surface area contributed by atoms with Gasteiger partial charge in [0.15, 0.2) is 0 Å². The molecule has 4 rings (SSSR count). The predicted molar refractivity (Wildman–Crippen MR) is 131 cm³/mol. The number of aryl methyl sites for hydroxylation is 1. The van der Waals surface area contributed by atoms with Crippen molar-refractivity contribution in [2.45, 2.75) is 37.3 Å². The maximum Gasteiger partial charge on any atom is 0.328 e. The minimum absolute atomic E-state index is 0.143. The predicted octanol–water partition coefficient (Wildman–Crippen LogP) is 4.75. The van der Waals surface area contributed by atoms with Gasteiger partial charge in [-0.25, -0.2) is 9.18 Å². The van der Waals surface area contributed by atoms with Gasteiger partial charge >= 0.3 is 5.97 Å². The Morgan fingerprint density at radius 2 is 1.54 bits per heavy atom. The summed E-state index contributed by atoms with van der Waals surface area (Å²) >= 11 is 0. The van der Waals surface area contributed by atoms with Gasteiger partial charge in [0.1, 0.15) is 11.9 Å². The molecule has 0 aliphatic carbocycles. The summed E-state index contributed by atoms with van der Waals surface area (Å²) in [5, 5.41) is 0. The van der Waals surface area contributed by atoms with Gasteiger partial charge in [0, 0.05) is 19.6 Å². The van der Waals surface area contributed by atoms with Crippen LogP contribution in [-0.4, -0.2) is 49.2 Å². The second-order valence-corrected chi connectivity index (χ2v) is 8.74. The highest BCUT2D eigenvalue weighted by Crippen LogP contribution is 2.31. The number of rotatable bonds is 9. The molecule has 3 aromatic rings. The van der Waals surface area contributed by atoms with E-state index >= 15 is 0 Å². The van der Waals surface area contributed by atoms with E-state index in [9.17, 15) is 14.0 Å². The van der Waals surface area contributed by atoms with E-state index < -0.39 is 17.9 Å². The van der Waals surface area contributed by atoms with Crippen molar-refractivity contribution in [3.05, 3.63) is 107 Å². The molecular weight excluding hydrogens is 445 g/mol. The maximum absolute atomic E-state index is 13.9. The Balaban J connectivity index is 1.46. The molecule has 1 fully saturated rings. The molecule has 0 radical (unpaired) electrons. The lowest BCUT2D eigenvalue weighted by atomic mass is 9.90. The summed E-state index contributed by atoms with van der Waals surface area (Å²) in [5.41, 5.74) is 2.78. The quantitative estimate of drug-likeness (QED) is 0.331. The van der Waals surface area contributed by atoms with E-state index in [1.807, 2.05) is 60.7 Å². The van der Waals surface area contributed by atoms with Gasteiger partial charge in [-0.15, -0.1) is 0 Å². The molecule has 1 heterocycles. The highest BCUT2D eigenvalue weighted by molar-refractivity contribution is 5.91. The number of nitrogens with zero attached hydrogens (tertiary/aromatic N) is 1. The summed E-state index contributed by atoms with van der Waals surface area (Å²) in [6.07, 6.45) is 1.66. The van der Waals surface area contributed by atoms with Gasteiger partial charge in [-0.3, -0.25) is 4.79 Å². The van der Waals surface area contributed by atoms with E-state index in [2.05, 4.69) is 0 Å². The molecule has 0 saturated carbocycles. The molecule has 1 aliphatic heterocycles. The third-order valence-electron chi connectivity index (χ3n) is 6.41. The van der Waals surface area contributed by atoms with Crippen molar-refractivity contribution in [1.82, 2.24) is 4.90 Å². The van der Waals surface area contributed by atoms with Crippen molar-refractivity contribution in [1.29, 1.82) is 0 Å². The second-order valence-electron chi connectivity index (χ2n) is 8.74. The molecule has 3 aromatic carbocycles. The Bertz CT molecular complexity index is 1070. The molecule has 1 saturated heterocycles. The van der Waals surface area contributed by atoms with Crippen molar-refractivity contribution >= 4 is 11.9 Å². The number of amides is 1. The van der Waals surface area contributed by atoms with Gasteiger partial charge in [-0.1, -0.05) is 72.8 Å². The van der Waals surface area contributed by atoms with Crippen molar-refractivity contribution in [2.24, 2.45) is 0 Å². The standard InChI is InChI=1S/C29H30FNO4/c1-34-29(33)26-19-25(35-18-8-9-21-14-16-24(30)17-15-21)20-31(26)28(32)27(22-10-4-2-5-11-22)23-12-6-3-7-13-23/h2-7,10-17,25-27H,8-9,18-20H2,1H3/t25-,26-/m0/s1. The van der Waals surface area contributed by atoms with E-state index in [0.717, 1.165) is 29.5 Å². The SMILES string of the molecule is COC(=O)[C@@H]1C[C@H](OCCCc2ccc(F)cc2)CN1C(=O)C(c1ccccc1)c1ccccc1. The Labute approximate surface area is 205 Å². The van der Waals surface area contributed by atoms with Crippen LogP contribution in [0.1, 0.15) is 35.4 Å². The molecule has 0 aromatic heterocycles. The average molecular weight is 476 g/mol. The van der Waals surface area contributed by atoms with Gasteiger partial charge < -0.3 is 14.4 Å². The van der Waals surface area contributed by atoms with Crippen LogP contribution in [0.15, 0.2) is 84.9 Å². The monoisotopic (exact) mass is 475 g/mol. The fourth-order valence-electron chi connectivity index (χ4n) is 4.63. The van der Waals surface area contributed by atoms with Gasteiger partial charge in [-0.2, -0.15) is 0 Å². The summed E-state index contributed by atoms with van der Waals surface area (Å²) in [6.45, 7) is 0.810. The third-order valence-corrected chi connectivity index (χ3v) is 6.41. The van der Waals surface area contributed by atoms with E-state index in [0.29, 0.717) is 19.6 Å². The fraction of sp³-hybridized carbons (Fsp3) is 0.310. The van der Waals surface area contributed by atoms with Crippen LogP contribution in [-0.2, 0) is 25.5 Å². The van der Waals surface area contributed by atoms with Crippen LogP contribution < -0.4 is 0 Å². The number of halogens is 1. The van der Waals surface area contributed by atoms with Gasteiger partial charge in [-0.05, 0) is 41.7 Å². The topological polar surface area (TPSA) is 55.8 Å². The van der Waals surface area contributed by atoms with E-state index in [4.69, 9.17) is 9.47 Å². The summed E-state index contributed by atoms with van der Waals surface area (Å²) in [4.78, 5) is 28.1. The van der Waals surface area contributed by atoms with Crippen LogP contribution in [0.4, 0.5) is 4.39 Å². The molecule has 0 N–H and O–H groups in total. The van der Waals surface area contributed by atoms with Gasteiger partial charge in [0.05, 0.1) is 19.1 Å². The van der Waals surface area contributed by atoms with E-state index in [1.165, 1.54) is 19.2 Å². The Morgan fingerprint density at radius 3 is 2.11 bits per heavy atom. The molecule has 5 nitrogen and oxygen atoms in total. The molecule has 1 aliphatic rings. The first kappa shape index (κ1) is 24.6. The molecule has 0 spiro atoms. The first-order chi connectivity index (χ1) is 17.1. The van der Waals surface area contributed by atoms with Crippen LogP contribution in [0.25, 0.3) is 0 Å². The zero-order valence-corrected chi connectivity index (χ0v) is 19.8. The number of benzene rings is 3. The number of hydrogen-bond donors (Lipinski definition) is 0. The van der Waals surface area contributed by atoms with E-state index in [-0.39, 0.29) is 17.8 Å². The summed E-state index contributed by atoms with van der Waals surface area (Å²) in [7, 11) is 1.34. The Hall–Kier alpha value is -3.51. The highest BCUT2D eigenvalue weighted by Gasteiger charge is 2.43. The molecular formula is C29H30FNO4. The van der Waals surface area contributed by atoms with Crippen LogP contribution >= 0.6 is 0 Å². The number of methoxy groups -OCH3 is 1. The molecule has 0 bridgehead atoms. The number of carbonyl (C=O) groups is 2. The van der Waals surface area contributed by atoms with Crippen LogP contribution in [0.2, 0.25) is 0 Å². The molecule has 2 atom stereocenters. The summed E-state index contributed by atoms with van der Waals surface area (Å²) < 4.78 is 24.2. The molecule has 1 amide bonds. The summed E-state index contributed by atoms with van der Waals surface area (Å²) in [5.74, 6) is -1.36. The maximum atomic E-state index is 13.9. The normalized spacial score (nSPS) is 17.5. The van der Waals surface area contributed by atoms with Gasteiger partial charge in [0.2, 0.25) is 5.91 Å². The van der Waals surface area contributed by atoms with Crippen LogP contribution in [0.5, 0.6) is 0 Å². The number of hydrogen-bond acceptors (Lipinski definition) is 4. The second kappa shape index (κ2) is 11.8. The van der Waals surface area contributed by atoms with Crippen LogP contribution in [0, 0.1) is 5.82 Å². The highest BCUT2D eigenvalue weighted by atomic mass is 19.1. The third kappa shape index (κ3) is 6.14. The zero-order chi connectivity index (χ0) is 24.6. The number of likely N-dealkylation sites (tertiary alicyclic amines) is 1. The lowest BCUT2D eigenvalue weighted by molar-refractivity contribution is -0.151. The van der Waals surface area contributed by atoms with E-state index in [1.54, 1.807) is 17.0 Å². The lowest BCUT2D eigenvalue weighted by Crippen LogP contribution is -2.43. The van der Waals surface area contributed by atoms with Gasteiger partial charge in [0.25, 0.3) is 0 Å². The van der Waals surface area contributed by atoms with Crippen molar-refractivity contribution in [3.63, 3.8) is 0 Å². The molecule has 6 heteroatoms. The van der Waals surface area contributed by atoms with Crippen LogP contribution in [0.3, 0.4) is 0 Å². The minimum atomic E-state index is -0.690. The fourth-order valence-corrected chi connectivity index (χ4v) is 4.63. The number of carbonyl (C=O) groups excluding carboxylic acids is 2. The summed E-state index contributed by atoms with van der Waals surface area (Å²) in [6, 6.07) is 25.0. The molecule has 35 heavy (non-hydrogen) atoms. The Morgan fingerprint density at radius 1 is 0.943 bits per heavy atom. The smallest absolute Gasteiger partial charge is 0.328 e. The Kier molecular flexibility index (Phi) is 8.27. The van der Waals surface area contributed by atoms with Crippen molar-refractivity contribution in [2.75, 3.05) is 20.3 Å². The number of esters is 1. The van der Waals surface area contributed by atoms with Crippen molar-refractivity contribution < 1.29 is 23.5 Å². The first-order valence-corrected chi connectivity index (χ1v) is 11.9. The number of ether oxygens (including phenoxy) is 2. The first-order valence-electron chi connectivity index (χ1n) is 11.9. The minimum Gasteiger partial charge on any atom is -0.467 e. The molecule has 182 valence electrons. The van der Waals surface area contributed by atoms with Crippen molar-refractivity contribution in [3.8, 4) is 0 Å². The average Bonchev–Trinajstić information content (AvgIpc) is 3.33. The molecule has 0 unspecified atom stereocenters. The largest absolute Gasteiger partial charge is 0.467 e. The lowest BCUT2D eigenvalue weighted by Gasteiger charge is -2.28.